The van der Waals surface area contributed by atoms with Crippen LogP contribution in [0.2, 0.25) is 0 Å². The quantitative estimate of drug-likeness (QED) is 0.739. The Balaban J connectivity index is 2.25. The Bertz CT molecular complexity index is 310. The first-order valence-corrected chi connectivity index (χ1v) is 4.81. The zero-order chi connectivity index (χ0) is 9.26. The van der Waals surface area contributed by atoms with E-state index in [4.69, 9.17) is 11.8 Å². The van der Waals surface area contributed by atoms with E-state index in [0.29, 0.717) is 12.5 Å². The standard InChI is InChI=1S/C10H11ClFN/c11-13-6-7-1-4-10(12)9(5-7)8-2-3-8/h1,4-5,8,13H,2-3,6H2. The lowest BCUT2D eigenvalue weighted by atomic mass is 10.1. The summed E-state index contributed by atoms with van der Waals surface area (Å²) in [6.07, 6.45) is 2.24. The fourth-order valence-electron chi connectivity index (χ4n) is 1.49. The van der Waals surface area contributed by atoms with Gasteiger partial charge in [0.15, 0.2) is 0 Å². The summed E-state index contributed by atoms with van der Waals surface area (Å²) in [5.41, 5.74) is 1.89. The Hall–Kier alpha value is -0.600. The van der Waals surface area contributed by atoms with Crippen LogP contribution in [0.25, 0.3) is 0 Å². The number of rotatable bonds is 3. The monoisotopic (exact) mass is 199 g/mol. The first-order valence-electron chi connectivity index (χ1n) is 4.43. The third-order valence-electron chi connectivity index (χ3n) is 2.35. The van der Waals surface area contributed by atoms with Gasteiger partial charge in [0.05, 0.1) is 0 Å². The van der Waals surface area contributed by atoms with E-state index in [1.165, 1.54) is 6.07 Å². The second kappa shape index (κ2) is 3.64. The number of halogens is 2. The maximum atomic E-state index is 13.2. The fraction of sp³-hybridized carbons (Fsp3) is 0.400. The third-order valence-corrected chi connectivity index (χ3v) is 2.48. The zero-order valence-electron chi connectivity index (χ0n) is 7.19. The highest BCUT2D eigenvalue weighted by molar-refractivity contribution is 6.13. The van der Waals surface area contributed by atoms with Crippen LogP contribution in [0.5, 0.6) is 0 Å². The molecule has 0 atom stereocenters. The van der Waals surface area contributed by atoms with Crippen LogP contribution in [0.4, 0.5) is 4.39 Å². The van der Waals surface area contributed by atoms with Gasteiger partial charge in [-0.05, 0) is 47.7 Å². The molecule has 0 unspecified atom stereocenters. The van der Waals surface area contributed by atoms with Crippen LogP contribution in [0.15, 0.2) is 18.2 Å². The lowest BCUT2D eigenvalue weighted by molar-refractivity contribution is 0.609. The molecule has 0 saturated heterocycles. The van der Waals surface area contributed by atoms with Crippen molar-refractivity contribution in [1.82, 2.24) is 4.84 Å². The molecule has 0 radical (unpaired) electrons. The molecule has 1 N–H and O–H groups in total. The molecule has 0 spiro atoms. The van der Waals surface area contributed by atoms with Gasteiger partial charge in [-0.25, -0.2) is 9.23 Å². The molecular weight excluding hydrogens is 189 g/mol. The van der Waals surface area contributed by atoms with E-state index in [0.717, 1.165) is 24.0 Å². The molecule has 1 saturated carbocycles. The molecule has 1 aromatic rings. The lowest BCUT2D eigenvalue weighted by Crippen LogP contribution is -1.99. The van der Waals surface area contributed by atoms with Crippen molar-refractivity contribution in [3.63, 3.8) is 0 Å². The Morgan fingerprint density at radius 2 is 2.23 bits per heavy atom. The normalized spacial score (nSPS) is 16.2. The zero-order valence-corrected chi connectivity index (χ0v) is 7.94. The number of nitrogens with one attached hydrogen (secondary N) is 1. The smallest absolute Gasteiger partial charge is 0.126 e. The van der Waals surface area contributed by atoms with Crippen LogP contribution in [0.3, 0.4) is 0 Å². The van der Waals surface area contributed by atoms with Crippen LogP contribution in [-0.2, 0) is 6.54 Å². The molecule has 0 aliphatic heterocycles. The SMILES string of the molecule is Fc1ccc(CNCl)cc1C1CC1. The van der Waals surface area contributed by atoms with Gasteiger partial charge >= 0.3 is 0 Å². The maximum Gasteiger partial charge on any atom is 0.126 e. The van der Waals surface area contributed by atoms with Crippen molar-refractivity contribution in [2.45, 2.75) is 25.3 Å². The molecule has 0 amide bonds. The highest BCUT2D eigenvalue weighted by atomic mass is 35.5. The third kappa shape index (κ3) is 2.01. The molecule has 3 heteroatoms. The molecule has 13 heavy (non-hydrogen) atoms. The van der Waals surface area contributed by atoms with Crippen LogP contribution >= 0.6 is 11.8 Å². The minimum absolute atomic E-state index is 0.0826. The Morgan fingerprint density at radius 3 is 2.85 bits per heavy atom. The number of benzene rings is 1. The van der Waals surface area contributed by atoms with E-state index < -0.39 is 0 Å². The van der Waals surface area contributed by atoms with Crippen molar-refractivity contribution < 1.29 is 4.39 Å². The van der Waals surface area contributed by atoms with Crippen molar-refractivity contribution in [1.29, 1.82) is 0 Å². The molecule has 70 valence electrons. The highest BCUT2D eigenvalue weighted by Crippen LogP contribution is 2.41. The predicted octanol–water partition coefficient (Wildman–Crippen LogP) is 2.95. The Labute approximate surface area is 82.0 Å². The summed E-state index contributed by atoms with van der Waals surface area (Å²) in [7, 11) is 0. The van der Waals surface area contributed by atoms with Gasteiger partial charge < -0.3 is 0 Å². The highest BCUT2D eigenvalue weighted by Gasteiger charge is 2.26. The van der Waals surface area contributed by atoms with Crippen LogP contribution < -0.4 is 4.84 Å². The molecule has 1 nitrogen and oxygen atoms in total. The van der Waals surface area contributed by atoms with Gasteiger partial charge in [0.25, 0.3) is 0 Å². The summed E-state index contributed by atoms with van der Waals surface area (Å²) < 4.78 is 13.2. The van der Waals surface area contributed by atoms with Crippen molar-refractivity contribution in [3.05, 3.63) is 35.1 Å². The van der Waals surface area contributed by atoms with Gasteiger partial charge in [-0.1, -0.05) is 12.1 Å². The molecule has 1 aliphatic rings. The van der Waals surface area contributed by atoms with Crippen LogP contribution in [0, 0.1) is 5.82 Å². The van der Waals surface area contributed by atoms with E-state index in [1.807, 2.05) is 6.07 Å². The Morgan fingerprint density at radius 1 is 1.46 bits per heavy atom. The predicted molar refractivity (Wildman–Crippen MR) is 51.1 cm³/mol. The van der Waals surface area contributed by atoms with Gasteiger partial charge in [0, 0.05) is 6.54 Å². The Kier molecular flexibility index (Phi) is 2.51. The van der Waals surface area contributed by atoms with Crippen molar-refractivity contribution in [3.8, 4) is 0 Å². The van der Waals surface area contributed by atoms with Crippen molar-refractivity contribution in [2.24, 2.45) is 0 Å². The second-order valence-electron chi connectivity index (χ2n) is 3.44. The second-order valence-corrected chi connectivity index (χ2v) is 3.71. The molecular formula is C10H11ClFN. The lowest BCUT2D eigenvalue weighted by Gasteiger charge is -2.04. The fourth-order valence-corrected chi connectivity index (χ4v) is 1.64. The average Bonchev–Trinajstić information content (AvgIpc) is 2.92. The first-order chi connectivity index (χ1) is 6.31. The van der Waals surface area contributed by atoms with Gasteiger partial charge in [0.1, 0.15) is 5.82 Å². The van der Waals surface area contributed by atoms with Gasteiger partial charge in [0.2, 0.25) is 0 Å². The number of hydrogen-bond donors (Lipinski definition) is 1. The molecule has 1 aliphatic carbocycles. The molecule has 2 rings (SSSR count). The van der Waals surface area contributed by atoms with E-state index >= 15 is 0 Å². The summed E-state index contributed by atoms with van der Waals surface area (Å²) in [6, 6.07) is 5.19. The van der Waals surface area contributed by atoms with Gasteiger partial charge in [-0.2, -0.15) is 0 Å². The average molecular weight is 200 g/mol. The molecule has 1 aromatic carbocycles. The summed E-state index contributed by atoms with van der Waals surface area (Å²) in [6.45, 7) is 0.585. The minimum atomic E-state index is -0.0826. The summed E-state index contributed by atoms with van der Waals surface area (Å²) in [5.74, 6) is 0.371. The molecule has 0 bridgehead atoms. The first kappa shape index (κ1) is 8.97. The maximum absolute atomic E-state index is 13.2. The largest absolute Gasteiger partial charge is 0.229 e. The minimum Gasteiger partial charge on any atom is -0.229 e. The topological polar surface area (TPSA) is 12.0 Å². The molecule has 1 fully saturated rings. The summed E-state index contributed by atoms with van der Waals surface area (Å²) in [4.78, 5) is 2.54. The van der Waals surface area contributed by atoms with E-state index in [1.54, 1.807) is 6.07 Å². The number of hydrogen-bond acceptors (Lipinski definition) is 1. The summed E-state index contributed by atoms with van der Waals surface area (Å²) >= 11 is 5.38. The molecule has 0 heterocycles. The van der Waals surface area contributed by atoms with Crippen molar-refractivity contribution in [2.75, 3.05) is 0 Å². The van der Waals surface area contributed by atoms with Gasteiger partial charge in [-0.15, -0.1) is 0 Å². The van der Waals surface area contributed by atoms with Gasteiger partial charge in [-0.3, -0.25) is 0 Å². The van der Waals surface area contributed by atoms with E-state index in [-0.39, 0.29) is 5.82 Å². The van der Waals surface area contributed by atoms with Crippen molar-refractivity contribution >= 4 is 11.8 Å². The van der Waals surface area contributed by atoms with Crippen LogP contribution in [-0.4, -0.2) is 0 Å². The van der Waals surface area contributed by atoms with Crippen LogP contribution in [0.1, 0.15) is 29.9 Å². The summed E-state index contributed by atoms with van der Waals surface area (Å²) in [5, 5.41) is 0. The van der Waals surface area contributed by atoms with E-state index in [9.17, 15) is 4.39 Å². The van der Waals surface area contributed by atoms with E-state index in [2.05, 4.69) is 4.84 Å². The molecule has 0 aromatic heterocycles.